The number of carbonyl (C=O) groups excluding carboxylic acids is 3. The maximum Gasteiger partial charge on any atom is 0.475 e. The van der Waals surface area contributed by atoms with Crippen LogP contribution in [0.5, 0.6) is 23.0 Å². The van der Waals surface area contributed by atoms with Gasteiger partial charge >= 0.3 is 58.3 Å². The van der Waals surface area contributed by atoms with E-state index in [0.717, 1.165) is 36.8 Å². The summed E-state index contributed by atoms with van der Waals surface area (Å²) in [6, 6.07) is 12.9. The van der Waals surface area contributed by atoms with Gasteiger partial charge in [0.15, 0.2) is 35.6 Å². The highest BCUT2D eigenvalue weighted by Crippen LogP contribution is 2.63. The predicted molar refractivity (Wildman–Crippen MR) is 365 cm³/mol. The predicted octanol–water partition coefficient (Wildman–Crippen LogP) is 11.6. The van der Waals surface area contributed by atoms with E-state index >= 15 is 26.3 Å². The summed E-state index contributed by atoms with van der Waals surface area (Å²) in [6.07, 6.45) is -15.2. The number of halogens is 10. The number of carbonyl (C=O) groups is 3. The Morgan fingerprint density at radius 1 is 0.454 bits per heavy atom. The smallest absolute Gasteiger partial charge is 0.475 e. The minimum absolute atomic E-state index is 0.0386. The molecule has 3 aromatic heterocycles. The molecular formula is C61H64Cl4F6N9O25P3. The van der Waals surface area contributed by atoms with Crippen LogP contribution in [0.3, 0.4) is 0 Å². The molecule has 3 N–H and O–H groups in total. The molecule has 3 amide bonds. The molecule has 3 aromatic carbocycles. The number of phosphoric ester groups is 3. The summed E-state index contributed by atoms with van der Waals surface area (Å²) in [5.41, 5.74) is -3.15. The van der Waals surface area contributed by atoms with E-state index in [1.54, 1.807) is 0 Å². The van der Waals surface area contributed by atoms with Crippen LogP contribution in [0.15, 0.2) is 93.6 Å². The largest absolute Gasteiger partial charge is 0.494 e. The van der Waals surface area contributed by atoms with Gasteiger partial charge in [-0.05, 0) is 102 Å². The number of methoxy groups -OCH3 is 4. The van der Waals surface area contributed by atoms with Crippen molar-refractivity contribution in [3.63, 3.8) is 0 Å². The number of benzene rings is 3. The third kappa shape index (κ3) is 18.1. The molecule has 9 heterocycles. The first-order chi connectivity index (χ1) is 50.7. The molecule has 6 aliphatic heterocycles. The second-order valence-corrected chi connectivity index (χ2v) is 30.6. The fourth-order valence-electron chi connectivity index (χ4n) is 10.9. The summed E-state index contributed by atoms with van der Waals surface area (Å²) < 4.78 is 212. The van der Waals surface area contributed by atoms with Crippen LogP contribution in [0.2, 0.25) is 20.1 Å². The van der Waals surface area contributed by atoms with Crippen molar-refractivity contribution >= 4 is 105 Å². The third-order valence-corrected chi connectivity index (χ3v) is 21.7. The number of alkyl halides is 6. The monoisotopic (exact) mass is 1670 g/mol. The lowest BCUT2D eigenvalue weighted by molar-refractivity contribution is -0.139. The van der Waals surface area contributed by atoms with Gasteiger partial charge in [-0.3, -0.25) is 68.8 Å². The number of rotatable bonds is 19. The van der Waals surface area contributed by atoms with Crippen LogP contribution < -0.4 is 52.0 Å². The number of fused-ring (bicyclic) bond motifs is 3. The molecule has 588 valence electrons. The molecule has 0 spiro atoms. The molecule has 6 fully saturated rings. The molecule has 34 nitrogen and oxygen atoms in total. The zero-order chi connectivity index (χ0) is 79.1. The number of ether oxygens (including phenoxy) is 7. The van der Waals surface area contributed by atoms with Crippen LogP contribution in [-0.2, 0) is 68.6 Å². The zero-order valence-corrected chi connectivity index (χ0v) is 63.3. The summed E-state index contributed by atoms with van der Waals surface area (Å²) in [4.78, 5) is 86.4. The van der Waals surface area contributed by atoms with E-state index in [1.165, 1.54) is 112 Å². The second-order valence-electron chi connectivity index (χ2n) is 24.3. The zero-order valence-electron chi connectivity index (χ0n) is 57.6. The normalized spacial score (nSPS) is 27.0. The summed E-state index contributed by atoms with van der Waals surface area (Å²) in [5, 5.41) is 7.70. The Morgan fingerprint density at radius 2 is 0.759 bits per heavy atom. The van der Waals surface area contributed by atoms with E-state index in [4.69, 9.17) is 120 Å². The van der Waals surface area contributed by atoms with E-state index in [1.807, 2.05) is 0 Å². The standard InChI is InChI=1S/C22H26F2N3O10P.C20H20Cl2F2N3O8P.C19H18Cl2F2N3O7P/c1-11(2)36-38(30)34-10-15-18(37-38)22(23,24)20(35-15)27-7-6-16(26-21(27)29)25-19(28)12-8-13(31-3)17(33-5)14(9-12)32-4;1-9(2)34-36(30)32-8-13-16(35-36)20(23,24)18(33-13)27-5-4-14(26-19(27)29)25-17(28)10-6-11(21)15(31-3)12(22)7-10;1-9(2)32-34(29)30-8-13-15(33-34)19(22,23)17(31-13)26-6-5-14(25-18(26)28)24-16(27)10-3-4-11(20)12(21)7-10/h6-9,11,15,18,20H,10H2,1-5H3,(H,25,26,28,29);4-7,9,13,16,18H,8H2,1-3H3,(H,25,26,28,29);3-7,9,13,15,17H,8H2,1-2H3,(H,24,25,27,28)/t15-,18-,20?,38?;13-,16-,18?,36?;13-,15-,17?,34?/m111/s1. The van der Waals surface area contributed by atoms with Gasteiger partial charge in [0.05, 0.1) is 86.7 Å². The highest BCUT2D eigenvalue weighted by atomic mass is 35.5. The van der Waals surface area contributed by atoms with E-state index in [2.05, 4.69) is 30.9 Å². The van der Waals surface area contributed by atoms with Gasteiger partial charge in [0.1, 0.15) is 35.8 Å². The van der Waals surface area contributed by atoms with Crippen molar-refractivity contribution in [2.24, 2.45) is 0 Å². The number of nitrogens with zero attached hydrogens (tertiary/aromatic N) is 6. The van der Waals surface area contributed by atoms with Crippen molar-refractivity contribution in [1.29, 1.82) is 0 Å². The Balaban J connectivity index is 0.000000173. The van der Waals surface area contributed by atoms with Crippen molar-refractivity contribution in [2.75, 3.05) is 64.2 Å². The van der Waals surface area contributed by atoms with Gasteiger partial charge in [-0.25, -0.2) is 28.1 Å². The van der Waals surface area contributed by atoms with Crippen LogP contribution in [0, 0.1) is 0 Å². The minimum atomic E-state index is -4.26. The average molecular weight is 1670 g/mol. The fourth-order valence-corrected chi connectivity index (χ4v) is 16.6. The number of phosphoric acid groups is 3. The van der Waals surface area contributed by atoms with Gasteiger partial charge in [0.25, 0.3) is 17.7 Å². The van der Waals surface area contributed by atoms with Crippen LogP contribution in [-0.4, -0.2) is 167 Å². The molecule has 108 heavy (non-hydrogen) atoms. The Morgan fingerprint density at radius 3 is 1.05 bits per heavy atom. The van der Waals surface area contributed by atoms with E-state index in [9.17, 15) is 42.5 Å². The van der Waals surface area contributed by atoms with Crippen molar-refractivity contribution in [1.82, 2.24) is 28.7 Å². The van der Waals surface area contributed by atoms with Gasteiger partial charge in [0.2, 0.25) is 24.4 Å². The molecule has 6 saturated heterocycles. The van der Waals surface area contributed by atoms with Crippen molar-refractivity contribution in [3.8, 4) is 23.0 Å². The topological polar surface area (TPSA) is 391 Å². The average Bonchev–Trinajstić information content (AvgIpc) is 1.60. The molecule has 0 saturated carbocycles. The quantitative estimate of drug-likeness (QED) is 0.0501. The van der Waals surface area contributed by atoms with Crippen LogP contribution in [0.1, 0.15) is 91.3 Å². The summed E-state index contributed by atoms with van der Waals surface area (Å²) in [7, 11) is -7.22. The number of nitrogens with one attached hydrogen (secondary N) is 3. The molecule has 12 atom stereocenters. The number of hydrogen-bond donors (Lipinski definition) is 3. The highest BCUT2D eigenvalue weighted by Gasteiger charge is 2.68. The summed E-state index contributed by atoms with van der Waals surface area (Å²) >= 11 is 23.8. The lowest BCUT2D eigenvalue weighted by atomic mass is 10.1. The van der Waals surface area contributed by atoms with Crippen LogP contribution in [0.25, 0.3) is 0 Å². The van der Waals surface area contributed by atoms with Gasteiger partial charge in [0, 0.05) is 35.3 Å². The fraction of sp³-hybridized carbons (Fsp3) is 0.459. The van der Waals surface area contributed by atoms with Gasteiger partial charge in [-0.2, -0.15) is 41.3 Å². The molecule has 0 radical (unpaired) electrons. The van der Waals surface area contributed by atoms with Crippen molar-refractivity contribution in [3.05, 3.63) is 147 Å². The molecule has 6 unspecified atom stereocenters. The number of anilines is 3. The van der Waals surface area contributed by atoms with Gasteiger partial charge in [-0.1, -0.05) is 46.4 Å². The SMILES string of the molecule is CC(C)OP1(=O)OC[C@H]2OC(n3ccc(NC(=O)c4ccc(Cl)c(Cl)c4)nc3=O)C(F)(F)[C@@H]2O1.COc1c(Cl)cc(C(=O)Nc2ccn(C3O[C@@H]4COP(=O)(OC(C)C)O[C@H]4C3(F)F)c(=O)n2)cc1Cl.COc1cc(C(=O)Nc2ccn(C3O[C@@H]4COP(=O)(OC(C)C)O[C@H]4C3(F)F)c(=O)n2)cc(OC)c1OC. The molecule has 6 aromatic rings. The molecule has 47 heteroatoms. The van der Waals surface area contributed by atoms with Crippen LogP contribution in [0.4, 0.5) is 43.8 Å². The van der Waals surface area contributed by atoms with Gasteiger partial charge in [-0.15, -0.1) is 0 Å². The first-order valence-electron chi connectivity index (χ1n) is 31.6. The van der Waals surface area contributed by atoms with Crippen LogP contribution >= 0.6 is 69.9 Å². The number of amides is 3. The second kappa shape index (κ2) is 33.0. The Hall–Kier alpha value is -7.14. The third-order valence-electron chi connectivity index (χ3n) is 15.5. The molecule has 12 rings (SSSR count). The maximum atomic E-state index is 15.3. The van der Waals surface area contributed by atoms with Crippen molar-refractivity contribution < 1.29 is 128 Å². The molecule has 0 bridgehead atoms. The maximum absolute atomic E-state index is 15.3. The molecule has 0 aliphatic carbocycles. The van der Waals surface area contributed by atoms with E-state index in [0.29, 0.717) is 13.7 Å². The number of aromatic nitrogens is 6. The minimum Gasteiger partial charge on any atom is -0.494 e. The first-order valence-corrected chi connectivity index (χ1v) is 37.5. The Labute approximate surface area is 626 Å². The molecule has 6 aliphatic rings. The lowest BCUT2D eigenvalue weighted by Crippen LogP contribution is -2.45. The number of hydrogen-bond acceptors (Lipinski definition) is 28. The Bertz CT molecular complexity index is 4720. The van der Waals surface area contributed by atoms with E-state index < -0.39 is 169 Å². The van der Waals surface area contributed by atoms with Gasteiger partial charge < -0.3 is 49.1 Å². The molecular weight excluding hydrogens is 1610 g/mol. The van der Waals surface area contributed by atoms with Crippen molar-refractivity contribution in [2.45, 2.75) is 133 Å². The highest BCUT2D eigenvalue weighted by molar-refractivity contribution is 7.49. The summed E-state index contributed by atoms with van der Waals surface area (Å²) in [6.45, 7) is 7.75. The summed E-state index contributed by atoms with van der Waals surface area (Å²) in [5.74, 6) is -13.2. The first kappa shape index (κ1) is 83.3. The van der Waals surface area contributed by atoms with E-state index in [-0.39, 0.29) is 77.2 Å². The lowest BCUT2D eigenvalue weighted by Gasteiger charge is -2.32. The Kier molecular flexibility index (Phi) is 25.5.